The van der Waals surface area contributed by atoms with Crippen LogP contribution in [0.1, 0.15) is 24.1 Å². The summed E-state index contributed by atoms with van der Waals surface area (Å²) in [4.78, 5) is 26.6. The second-order valence-corrected chi connectivity index (χ2v) is 8.77. The van der Waals surface area contributed by atoms with Crippen LogP contribution in [0.25, 0.3) is 16.6 Å². The molecule has 0 radical (unpaired) electrons. The van der Waals surface area contributed by atoms with E-state index in [0.717, 1.165) is 21.6 Å². The van der Waals surface area contributed by atoms with Crippen molar-refractivity contribution in [3.63, 3.8) is 0 Å². The summed E-state index contributed by atoms with van der Waals surface area (Å²) in [5.41, 5.74) is 8.63. The molecule has 2 heterocycles. The van der Waals surface area contributed by atoms with Gasteiger partial charge in [0.2, 0.25) is 0 Å². The number of alkyl halides is 2. The lowest BCUT2D eigenvalue weighted by atomic mass is 10.0. The quantitative estimate of drug-likeness (QED) is 0.452. The predicted octanol–water partition coefficient (Wildman–Crippen LogP) is 4.61. The number of nitrogens with two attached hydrogens (primary N) is 1. The van der Waals surface area contributed by atoms with Gasteiger partial charge in [-0.3, -0.25) is 9.98 Å². The zero-order valence-corrected chi connectivity index (χ0v) is 19.6. The van der Waals surface area contributed by atoms with E-state index in [0.29, 0.717) is 42.9 Å². The normalized spacial score (nSPS) is 15.9. The fourth-order valence-corrected chi connectivity index (χ4v) is 4.26. The highest BCUT2D eigenvalue weighted by Gasteiger charge is 2.41. The zero-order valence-electron chi connectivity index (χ0n) is 18.0. The van der Waals surface area contributed by atoms with Gasteiger partial charge < -0.3 is 15.7 Å². The molecule has 176 valence electrons. The number of para-hydroxylation sites is 1. The summed E-state index contributed by atoms with van der Waals surface area (Å²) < 4.78 is 28.6. The number of hydrogen-bond acceptors (Lipinski definition) is 6. The Labute approximate surface area is 203 Å². The molecule has 0 amide bonds. The molecule has 2 aromatic carbocycles. The Morgan fingerprint density at radius 2 is 1.97 bits per heavy atom. The lowest BCUT2D eigenvalue weighted by Gasteiger charge is -2.32. The molecule has 0 spiro atoms. The number of carboxylic acids is 1. The Kier molecular flexibility index (Phi) is 6.87. The van der Waals surface area contributed by atoms with Gasteiger partial charge in [0.1, 0.15) is 5.52 Å². The summed E-state index contributed by atoms with van der Waals surface area (Å²) in [5, 5.41) is 8.80. The fraction of sp³-hybridized carbons (Fsp3) is 0.250. The van der Waals surface area contributed by atoms with E-state index in [1.54, 1.807) is 18.5 Å². The molecule has 0 aliphatic carbocycles. The second-order valence-electron chi connectivity index (χ2n) is 7.91. The van der Waals surface area contributed by atoms with E-state index >= 15 is 0 Å². The van der Waals surface area contributed by atoms with Crippen LogP contribution in [-0.4, -0.2) is 46.4 Å². The van der Waals surface area contributed by atoms with Gasteiger partial charge in [-0.1, -0.05) is 18.2 Å². The van der Waals surface area contributed by atoms with E-state index in [9.17, 15) is 13.6 Å². The number of carbonyl (C=O) groups is 1. The van der Waals surface area contributed by atoms with Crippen molar-refractivity contribution in [3.05, 3.63) is 70.6 Å². The summed E-state index contributed by atoms with van der Waals surface area (Å²) in [6.07, 6.45) is 6.22. The first kappa shape index (κ1) is 23.7. The number of piperidine rings is 1. The van der Waals surface area contributed by atoms with Crippen molar-refractivity contribution >= 4 is 50.4 Å². The number of aliphatic imine (C=N–C) groups is 1. The maximum atomic E-state index is 13.9. The van der Waals surface area contributed by atoms with E-state index < -0.39 is 17.5 Å². The topological polar surface area (TPSA) is 105 Å². The van der Waals surface area contributed by atoms with Crippen molar-refractivity contribution in [1.29, 1.82) is 0 Å². The molecule has 1 fully saturated rings. The number of anilines is 1. The van der Waals surface area contributed by atoms with Crippen LogP contribution in [0.5, 0.6) is 0 Å². The van der Waals surface area contributed by atoms with Crippen molar-refractivity contribution in [2.75, 3.05) is 18.0 Å². The lowest BCUT2D eigenvalue weighted by Crippen LogP contribution is -2.35. The number of benzene rings is 2. The summed E-state index contributed by atoms with van der Waals surface area (Å²) in [6, 6.07) is 11.2. The van der Waals surface area contributed by atoms with Crippen LogP contribution in [0.15, 0.2) is 64.3 Å². The number of nitrogens with zero attached hydrogens (tertiary/aromatic N) is 4. The van der Waals surface area contributed by atoms with Crippen LogP contribution >= 0.6 is 15.9 Å². The monoisotopic (exact) mass is 529 g/mol. The predicted molar refractivity (Wildman–Crippen MR) is 131 cm³/mol. The molecule has 7 nitrogen and oxygen atoms in total. The molecule has 10 heteroatoms. The molecule has 0 atom stereocenters. The maximum absolute atomic E-state index is 13.9. The van der Waals surface area contributed by atoms with Crippen LogP contribution in [-0.2, 0) is 10.7 Å². The molecule has 1 aliphatic rings. The lowest BCUT2D eigenvalue weighted by molar-refractivity contribution is -0.166. The highest BCUT2D eigenvalue weighted by atomic mass is 79.9. The van der Waals surface area contributed by atoms with Gasteiger partial charge in [0.25, 0.3) is 0 Å². The third-order valence-corrected chi connectivity index (χ3v) is 6.37. The van der Waals surface area contributed by atoms with Gasteiger partial charge in [-0.2, -0.15) is 8.78 Å². The van der Waals surface area contributed by atoms with E-state index in [1.165, 1.54) is 18.3 Å². The van der Waals surface area contributed by atoms with E-state index in [1.807, 2.05) is 23.1 Å². The first-order chi connectivity index (χ1) is 16.3. The smallest absolute Gasteiger partial charge is 0.379 e. The van der Waals surface area contributed by atoms with Crippen LogP contribution in [0.2, 0.25) is 0 Å². The third kappa shape index (κ3) is 4.91. The van der Waals surface area contributed by atoms with Gasteiger partial charge in [0.15, 0.2) is 0 Å². The SMILES string of the molecule is NC=C(C=NC1CCN(c2cccc(C(F)(F)C(=O)O)c2)CC1)c1cnc2cccc(Br)c2n1. The Morgan fingerprint density at radius 1 is 1.24 bits per heavy atom. The maximum Gasteiger partial charge on any atom is 0.379 e. The fourth-order valence-electron chi connectivity index (χ4n) is 3.81. The van der Waals surface area contributed by atoms with Crippen molar-refractivity contribution in [3.8, 4) is 0 Å². The van der Waals surface area contributed by atoms with Crippen LogP contribution in [0, 0.1) is 0 Å². The molecule has 4 rings (SSSR count). The van der Waals surface area contributed by atoms with E-state index in [-0.39, 0.29) is 6.04 Å². The molecule has 1 saturated heterocycles. The summed E-state index contributed by atoms with van der Waals surface area (Å²) in [5.74, 6) is -6.09. The Bertz CT molecular complexity index is 1270. The molecule has 1 aromatic heterocycles. The minimum atomic E-state index is -3.93. The highest BCUT2D eigenvalue weighted by Crippen LogP contribution is 2.32. The molecular weight excluding hydrogens is 508 g/mol. The minimum Gasteiger partial charge on any atom is -0.477 e. The minimum absolute atomic E-state index is 0.0370. The molecule has 3 aromatic rings. The Balaban J connectivity index is 1.42. The molecule has 0 bridgehead atoms. The van der Waals surface area contributed by atoms with Gasteiger partial charge in [-0.05, 0) is 53.0 Å². The first-order valence-corrected chi connectivity index (χ1v) is 11.4. The van der Waals surface area contributed by atoms with Gasteiger partial charge in [0.05, 0.1) is 23.4 Å². The third-order valence-electron chi connectivity index (χ3n) is 5.73. The average molecular weight is 530 g/mol. The van der Waals surface area contributed by atoms with Crippen molar-refractivity contribution in [2.45, 2.75) is 24.8 Å². The molecule has 34 heavy (non-hydrogen) atoms. The van der Waals surface area contributed by atoms with E-state index in [4.69, 9.17) is 10.8 Å². The van der Waals surface area contributed by atoms with Gasteiger partial charge in [0, 0.05) is 46.8 Å². The van der Waals surface area contributed by atoms with Crippen molar-refractivity contribution < 1.29 is 18.7 Å². The number of halogens is 3. The molecule has 0 unspecified atom stereocenters. The van der Waals surface area contributed by atoms with Crippen LogP contribution < -0.4 is 10.6 Å². The van der Waals surface area contributed by atoms with E-state index in [2.05, 4.69) is 30.9 Å². The number of carboxylic acid groups (broad SMARTS) is 1. The highest BCUT2D eigenvalue weighted by molar-refractivity contribution is 9.10. The van der Waals surface area contributed by atoms with Crippen LogP contribution in [0.3, 0.4) is 0 Å². The number of aliphatic carboxylic acids is 1. The average Bonchev–Trinajstić information content (AvgIpc) is 2.85. The van der Waals surface area contributed by atoms with Gasteiger partial charge >= 0.3 is 11.9 Å². The summed E-state index contributed by atoms with van der Waals surface area (Å²) in [7, 11) is 0. The number of allylic oxidation sites excluding steroid dienone is 1. The van der Waals surface area contributed by atoms with Crippen LogP contribution in [0.4, 0.5) is 14.5 Å². The Morgan fingerprint density at radius 3 is 2.68 bits per heavy atom. The summed E-state index contributed by atoms with van der Waals surface area (Å²) >= 11 is 3.49. The molecule has 0 saturated carbocycles. The number of fused-ring (bicyclic) bond motifs is 1. The van der Waals surface area contributed by atoms with Gasteiger partial charge in [-0.15, -0.1) is 0 Å². The molecular formula is C24H22BrF2N5O2. The van der Waals surface area contributed by atoms with Gasteiger partial charge in [-0.25, -0.2) is 9.78 Å². The number of aromatic nitrogens is 2. The molecule has 1 aliphatic heterocycles. The zero-order chi connectivity index (χ0) is 24.3. The molecule has 3 N–H and O–H groups in total. The number of rotatable bonds is 6. The number of hydrogen-bond donors (Lipinski definition) is 2. The largest absolute Gasteiger partial charge is 0.477 e. The Hall–Kier alpha value is -3.40. The first-order valence-electron chi connectivity index (χ1n) is 10.6. The van der Waals surface area contributed by atoms with Crippen molar-refractivity contribution in [1.82, 2.24) is 9.97 Å². The standard InChI is InChI=1S/C24H22BrF2N5O2/c25-19-5-2-6-20-22(19)31-21(14-30-20)15(12-28)13-29-17-7-9-32(10-8-17)18-4-1-3-16(11-18)24(26,27)23(33)34/h1-6,11-14,17H,7-10,28H2,(H,33,34). The second kappa shape index (κ2) is 9.84. The summed E-state index contributed by atoms with van der Waals surface area (Å²) in [6.45, 7) is 1.21. The van der Waals surface area contributed by atoms with Crippen molar-refractivity contribution in [2.24, 2.45) is 10.7 Å².